The minimum atomic E-state index is 0.0380. The molecule has 1 aromatic heterocycles. The predicted octanol–water partition coefficient (Wildman–Crippen LogP) is 4.29. The second-order valence-electron chi connectivity index (χ2n) is 4.62. The Balaban J connectivity index is 2.35. The number of nitrogens with one attached hydrogen (secondary N) is 1. The highest BCUT2D eigenvalue weighted by Crippen LogP contribution is 2.31. The van der Waals surface area contributed by atoms with Gasteiger partial charge in [0.25, 0.3) is 0 Å². The number of methoxy groups -OCH3 is 1. The van der Waals surface area contributed by atoms with Crippen LogP contribution in [0.4, 0.5) is 0 Å². The van der Waals surface area contributed by atoms with Gasteiger partial charge >= 0.3 is 0 Å². The number of hydrogen-bond acceptors (Lipinski definition) is 3. The van der Waals surface area contributed by atoms with Crippen molar-refractivity contribution >= 4 is 23.2 Å². The number of ether oxygens (including phenoxy) is 1. The van der Waals surface area contributed by atoms with Gasteiger partial charge in [0, 0.05) is 27.8 Å². The van der Waals surface area contributed by atoms with Gasteiger partial charge in [-0.05, 0) is 36.7 Å². The Morgan fingerprint density at radius 2 is 1.90 bits per heavy atom. The van der Waals surface area contributed by atoms with Gasteiger partial charge in [0.2, 0.25) is 5.88 Å². The first-order valence-electron chi connectivity index (χ1n) is 6.82. The zero-order chi connectivity index (χ0) is 15.2. The molecule has 0 aliphatic rings. The van der Waals surface area contributed by atoms with Gasteiger partial charge in [0.05, 0.1) is 7.11 Å². The SMILES string of the molecule is CCNC(Cc1c(Cl)cccc1Cl)c1cccnc1OC. The fourth-order valence-electron chi connectivity index (χ4n) is 2.31. The van der Waals surface area contributed by atoms with Gasteiger partial charge in [0.15, 0.2) is 0 Å². The van der Waals surface area contributed by atoms with Crippen LogP contribution in [0.15, 0.2) is 36.5 Å². The van der Waals surface area contributed by atoms with Crippen LogP contribution in [-0.2, 0) is 6.42 Å². The molecule has 0 saturated carbocycles. The third kappa shape index (κ3) is 3.88. The number of hydrogen-bond donors (Lipinski definition) is 1. The average molecular weight is 325 g/mol. The second-order valence-corrected chi connectivity index (χ2v) is 5.43. The molecule has 0 radical (unpaired) electrons. The van der Waals surface area contributed by atoms with E-state index in [1.54, 1.807) is 13.3 Å². The number of rotatable bonds is 6. The largest absolute Gasteiger partial charge is 0.481 e. The van der Waals surface area contributed by atoms with Crippen LogP contribution in [0.5, 0.6) is 5.88 Å². The van der Waals surface area contributed by atoms with E-state index in [2.05, 4.69) is 17.2 Å². The Morgan fingerprint density at radius 3 is 2.52 bits per heavy atom. The lowest BCUT2D eigenvalue weighted by atomic mass is 9.99. The van der Waals surface area contributed by atoms with E-state index in [4.69, 9.17) is 27.9 Å². The Labute approximate surface area is 135 Å². The van der Waals surface area contributed by atoms with E-state index in [-0.39, 0.29) is 6.04 Å². The third-order valence-electron chi connectivity index (χ3n) is 3.29. The second kappa shape index (κ2) is 7.64. The molecular weight excluding hydrogens is 307 g/mol. The molecule has 0 aliphatic carbocycles. The van der Waals surface area contributed by atoms with E-state index in [9.17, 15) is 0 Å². The van der Waals surface area contributed by atoms with Gasteiger partial charge in [-0.25, -0.2) is 4.98 Å². The summed E-state index contributed by atoms with van der Waals surface area (Å²) < 4.78 is 5.35. The summed E-state index contributed by atoms with van der Waals surface area (Å²) in [6.45, 7) is 2.88. The summed E-state index contributed by atoms with van der Waals surface area (Å²) in [6.07, 6.45) is 2.39. The Hall–Kier alpha value is -1.29. The molecule has 0 aliphatic heterocycles. The van der Waals surface area contributed by atoms with E-state index >= 15 is 0 Å². The molecule has 5 heteroatoms. The molecule has 2 rings (SSSR count). The van der Waals surface area contributed by atoms with Crippen molar-refractivity contribution in [3.63, 3.8) is 0 Å². The van der Waals surface area contributed by atoms with Crippen LogP contribution < -0.4 is 10.1 Å². The molecule has 0 saturated heterocycles. The zero-order valence-corrected chi connectivity index (χ0v) is 13.6. The fourth-order valence-corrected chi connectivity index (χ4v) is 2.86. The van der Waals surface area contributed by atoms with Crippen molar-refractivity contribution in [2.75, 3.05) is 13.7 Å². The van der Waals surface area contributed by atoms with Crippen molar-refractivity contribution < 1.29 is 4.74 Å². The fraction of sp³-hybridized carbons (Fsp3) is 0.312. The molecule has 1 heterocycles. The first kappa shape index (κ1) is 16.1. The van der Waals surface area contributed by atoms with Crippen LogP contribution in [-0.4, -0.2) is 18.6 Å². The van der Waals surface area contributed by atoms with Crippen LogP contribution in [0.1, 0.15) is 24.1 Å². The Kier molecular flexibility index (Phi) is 5.85. The number of nitrogens with zero attached hydrogens (tertiary/aromatic N) is 1. The summed E-state index contributed by atoms with van der Waals surface area (Å²) in [5, 5.41) is 4.79. The highest BCUT2D eigenvalue weighted by molar-refractivity contribution is 6.36. The lowest BCUT2D eigenvalue weighted by Crippen LogP contribution is -2.24. The highest BCUT2D eigenvalue weighted by atomic mass is 35.5. The minimum Gasteiger partial charge on any atom is -0.481 e. The van der Waals surface area contributed by atoms with Gasteiger partial charge in [-0.1, -0.05) is 42.3 Å². The van der Waals surface area contributed by atoms with Crippen LogP contribution >= 0.6 is 23.2 Å². The predicted molar refractivity (Wildman–Crippen MR) is 87.4 cm³/mol. The van der Waals surface area contributed by atoms with Crippen molar-refractivity contribution in [1.29, 1.82) is 0 Å². The first-order valence-corrected chi connectivity index (χ1v) is 7.58. The molecule has 1 atom stereocenters. The van der Waals surface area contributed by atoms with Gasteiger partial charge < -0.3 is 10.1 Å². The lowest BCUT2D eigenvalue weighted by molar-refractivity contribution is 0.382. The quantitative estimate of drug-likeness (QED) is 0.860. The molecule has 1 N–H and O–H groups in total. The molecule has 0 fully saturated rings. The molecule has 0 spiro atoms. The maximum Gasteiger partial charge on any atom is 0.217 e. The van der Waals surface area contributed by atoms with Crippen LogP contribution in [0.2, 0.25) is 10.0 Å². The van der Waals surface area contributed by atoms with Crippen LogP contribution in [0, 0.1) is 0 Å². The topological polar surface area (TPSA) is 34.2 Å². The van der Waals surface area contributed by atoms with E-state index in [0.29, 0.717) is 22.3 Å². The Morgan fingerprint density at radius 1 is 1.19 bits per heavy atom. The maximum absolute atomic E-state index is 6.28. The number of halogens is 2. The van der Waals surface area contributed by atoms with Gasteiger partial charge in [-0.2, -0.15) is 0 Å². The number of benzene rings is 1. The smallest absolute Gasteiger partial charge is 0.217 e. The summed E-state index contributed by atoms with van der Waals surface area (Å²) in [4.78, 5) is 4.26. The summed E-state index contributed by atoms with van der Waals surface area (Å²) in [7, 11) is 1.62. The average Bonchev–Trinajstić information content (AvgIpc) is 2.50. The van der Waals surface area contributed by atoms with E-state index in [1.807, 2.05) is 30.3 Å². The normalized spacial score (nSPS) is 12.2. The molecule has 1 aromatic carbocycles. The molecule has 1 unspecified atom stereocenters. The van der Waals surface area contributed by atoms with E-state index in [0.717, 1.165) is 17.7 Å². The number of likely N-dealkylation sites (N-methyl/N-ethyl adjacent to an activating group) is 1. The van der Waals surface area contributed by atoms with Gasteiger partial charge in [0.1, 0.15) is 0 Å². The molecule has 21 heavy (non-hydrogen) atoms. The van der Waals surface area contributed by atoms with Crippen molar-refractivity contribution in [3.8, 4) is 5.88 Å². The van der Waals surface area contributed by atoms with E-state index in [1.165, 1.54) is 0 Å². The highest BCUT2D eigenvalue weighted by Gasteiger charge is 2.19. The first-order chi connectivity index (χ1) is 10.2. The number of aromatic nitrogens is 1. The van der Waals surface area contributed by atoms with Crippen molar-refractivity contribution in [2.24, 2.45) is 0 Å². The van der Waals surface area contributed by atoms with Crippen LogP contribution in [0.3, 0.4) is 0 Å². The standard InChI is InChI=1S/C16H18Cl2N2O/c1-3-19-15(11-6-5-9-20-16(11)21-2)10-12-13(17)7-4-8-14(12)18/h4-9,15,19H,3,10H2,1-2H3. The van der Waals surface area contributed by atoms with Crippen LogP contribution in [0.25, 0.3) is 0 Å². The molecule has 112 valence electrons. The summed E-state index contributed by atoms with van der Waals surface area (Å²) in [6, 6.07) is 9.50. The summed E-state index contributed by atoms with van der Waals surface area (Å²) in [5.41, 5.74) is 1.93. The molecular formula is C16H18Cl2N2O. The molecule has 2 aromatic rings. The van der Waals surface area contributed by atoms with E-state index < -0.39 is 0 Å². The lowest BCUT2D eigenvalue weighted by Gasteiger charge is -2.21. The zero-order valence-electron chi connectivity index (χ0n) is 12.1. The number of pyridine rings is 1. The molecule has 0 amide bonds. The molecule has 3 nitrogen and oxygen atoms in total. The Bertz CT molecular complexity index is 584. The van der Waals surface area contributed by atoms with Crippen molar-refractivity contribution in [1.82, 2.24) is 10.3 Å². The van der Waals surface area contributed by atoms with Gasteiger partial charge in [-0.3, -0.25) is 0 Å². The maximum atomic E-state index is 6.28. The minimum absolute atomic E-state index is 0.0380. The van der Waals surface area contributed by atoms with Gasteiger partial charge in [-0.15, -0.1) is 0 Å². The molecule has 0 bridgehead atoms. The van der Waals surface area contributed by atoms with Crippen molar-refractivity contribution in [2.45, 2.75) is 19.4 Å². The van der Waals surface area contributed by atoms with Crippen molar-refractivity contribution in [3.05, 3.63) is 57.7 Å². The third-order valence-corrected chi connectivity index (χ3v) is 4.00. The summed E-state index contributed by atoms with van der Waals surface area (Å²) >= 11 is 12.6. The monoisotopic (exact) mass is 324 g/mol. The summed E-state index contributed by atoms with van der Waals surface area (Å²) in [5.74, 6) is 0.617.